The Morgan fingerprint density at radius 3 is 2.67 bits per heavy atom. The lowest BCUT2D eigenvalue weighted by Gasteiger charge is -2.11. The summed E-state index contributed by atoms with van der Waals surface area (Å²) in [6, 6.07) is 15.7. The van der Waals surface area contributed by atoms with Gasteiger partial charge in [-0.25, -0.2) is 0 Å². The van der Waals surface area contributed by atoms with Crippen LogP contribution < -0.4 is 5.32 Å². The maximum Gasteiger partial charge on any atom is 0.251 e. The number of halogens is 1. The number of thioether (sulfide) groups is 1. The number of rotatable bonds is 9. The van der Waals surface area contributed by atoms with Gasteiger partial charge in [-0.15, -0.1) is 10.2 Å². The van der Waals surface area contributed by atoms with Crippen molar-refractivity contribution in [3.8, 4) is 11.4 Å². The van der Waals surface area contributed by atoms with E-state index in [1.807, 2.05) is 53.1 Å². The first-order valence-electron chi connectivity index (χ1n) is 9.85. The molecule has 0 aliphatic heterocycles. The predicted molar refractivity (Wildman–Crippen MR) is 119 cm³/mol. The van der Waals surface area contributed by atoms with E-state index in [1.165, 1.54) is 0 Å². The number of hydrogen-bond acceptors (Lipinski definition) is 5. The molecule has 3 aromatic rings. The van der Waals surface area contributed by atoms with E-state index in [2.05, 4.69) is 15.5 Å². The zero-order valence-electron chi connectivity index (χ0n) is 16.7. The van der Waals surface area contributed by atoms with Crippen molar-refractivity contribution in [3.05, 3.63) is 64.7 Å². The number of aromatic nitrogens is 3. The Labute approximate surface area is 185 Å². The van der Waals surface area contributed by atoms with Gasteiger partial charge in [0.2, 0.25) is 0 Å². The molecule has 6 nitrogen and oxygen atoms in total. The Bertz CT molecular complexity index is 1020. The number of ether oxygens (including phenoxy) is 1. The second kappa shape index (κ2) is 9.64. The number of hydrogen-bond donors (Lipinski definition) is 1. The molecular formula is C22H23ClN4O2S. The molecule has 8 heteroatoms. The summed E-state index contributed by atoms with van der Waals surface area (Å²) >= 11 is 7.97. The van der Waals surface area contributed by atoms with E-state index in [0.29, 0.717) is 29.8 Å². The highest BCUT2D eigenvalue weighted by molar-refractivity contribution is 7.98. The van der Waals surface area contributed by atoms with Crippen LogP contribution in [0.5, 0.6) is 0 Å². The molecule has 1 aromatic heterocycles. The number of benzene rings is 2. The minimum Gasteiger partial charge on any atom is -0.383 e. The molecule has 2 aromatic carbocycles. The summed E-state index contributed by atoms with van der Waals surface area (Å²) in [7, 11) is 1.67. The molecular weight excluding hydrogens is 420 g/mol. The molecule has 4 rings (SSSR count). The van der Waals surface area contributed by atoms with E-state index < -0.39 is 0 Å². The average Bonchev–Trinajstić information content (AvgIpc) is 3.49. The second-order valence-electron chi connectivity index (χ2n) is 7.16. The summed E-state index contributed by atoms with van der Waals surface area (Å²) in [5.74, 6) is 1.45. The van der Waals surface area contributed by atoms with Crippen LogP contribution in [-0.2, 0) is 17.0 Å². The van der Waals surface area contributed by atoms with E-state index in [-0.39, 0.29) is 5.91 Å². The van der Waals surface area contributed by atoms with Crippen LogP contribution >= 0.6 is 23.4 Å². The molecule has 1 N–H and O–H groups in total. The van der Waals surface area contributed by atoms with Crippen molar-refractivity contribution < 1.29 is 9.53 Å². The van der Waals surface area contributed by atoms with Gasteiger partial charge in [0.15, 0.2) is 11.0 Å². The van der Waals surface area contributed by atoms with Gasteiger partial charge < -0.3 is 10.1 Å². The fourth-order valence-corrected chi connectivity index (χ4v) is 4.16. The summed E-state index contributed by atoms with van der Waals surface area (Å²) in [6.07, 6.45) is 2.17. The molecule has 0 bridgehead atoms. The second-order valence-corrected chi connectivity index (χ2v) is 8.51. The molecule has 0 saturated heterocycles. The molecule has 30 heavy (non-hydrogen) atoms. The Morgan fingerprint density at radius 1 is 1.20 bits per heavy atom. The summed E-state index contributed by atoms with van der Waals surface area (Å²) in [5, 5.41) is 13.2. The van der Waals surface area contributed by atoms with Gasteiger partial charge in [0, 0.05) is 30.0 Å². The molecule has 0 atom stereocenters. The number of nitrogens with zero attached hydrogens (tertiary/aromatic N) is 3. The van der Waals surface area contributed by atoms with Gasteiger partial charge >= 0.3 is 0 Å². The lowest BCUT2D eigenvalue weighted by molar-refractivity contribution is 0.0951. The normalized spacial score (nSPS) is 13.4. The standard InChI is InChI=1S/C22H23ClN4O2S/c1-29-13-12-27-20(18-4-2-3-5-19(18)23)25-26-22(27)30-14-15-6-8-16(9-7-15)21(28)24-17-10-11-17/h2-9,17H,10-14H2,1H3,(H,24,28). The van der Waals surface area contributed by atoms with Gasteiger partial charge in [0.05, 0.1) is 18.2 Å². The molecule has 1 aliphatic carbocycles. The van der Waals surface area contributed by atoms with E-state index in [1.54, 1.807) is 18.9 Å². The summed E-state index contributed by atoms with van der Waals surface area (Å²) in [4.78, 5) is 12.1. The van der Waals surface area contributed by atoms with Crippen LogP contribution in [0, 0.1) is 0 Å². The van der Waals surface area contributed by atoms with Gasteiger partial charge in [-0.3, -0.25) is 9.36 Å². The van der Waals surface area contributed by atoms with Crippen molar-refractivity contribution in [3.63, 3.8) is 0 Å². The Kier molecular flexibility index (Phi) is 6.72. The largest absolute Gasteiger partial charge is 0.383 e. The third kappa shape index (κ3) is 5.03. The topological polar surface area (TPSA) is 69.0 Å². The van der Waals surface area contributed by atoms with Gasteiger partial charge in [-0.1, -0.05) is 47.6 Å². The van der Waals surface area contributed by atoms with Crippen LogP contribution in [0.4, 0.5) is 0 Å². The first-order valence-corrected chi connectivity index (χ1v) is 11.2. The molecule has 1 heterocycles. The fourth-order valence-electron chi connectivity index (χ4n) is 3.02. The third-order valence-corrected chi connectivity index (χ3v) is 6.21. The quantitative estimate of drug-likeness (QED) is 0.496. The molecule has 156 valence electrons. The van der Waals surface area contributed by atoms with Crippen LogP contribution in [-0.4, -0.2) is 40.4 Å². The summed E-state index contributed by atoms with van der Waals surface area (Å²) in [6.45, 7) is 1.18. The van der Waals surface area contributed by atoms with Crippen molar-refractivity contribution in [2.75, 3.05) is 13.7 Å². The molecule has 1 fully saturated rings. The first kappa shape index (κ1) is 20.9. The van der Waals surface area contributed by atoms with Gasteiger partial charge in [0.1, 0.15) is 0 Å². The number of carbonyl (C=O) groups excluding carboxylic acids is 1. The number of nitrogens with one attached hydrogen (secondary N) is 1. The van der Waals surface area contributed by atoms with Crippen LogP contribution in [0.25, 0.3) is 11.4 Å². The van der Waals surface area contributed by atoms with Crippen molar-refractivity contribution in [1.29, 1.82) is 0 Å². The van der Waals surface area contributed by atoms with Gasteiger partial charge in [-0.2, -0.15) is 0 Å². The van der Waals surface area contributed by atoms with E-state index in [9.17, 15) is 4.79 Å². The summed E-state index contributed by atoms with van der Waals surface area (Å²) < 4.78 is 7.30. The lowest BCUT2D eigenvalue weighted by Crippen LogP contribution is -2.25. The lowest BCUT2D eigenvalue weighted by atomic mass is 10.1. The third-order valence-electron chi connectivity index (χ3n) is 4.85. The molecule has 0 spiro atoms. The predicted octanol–water partition coefficient (Wildman–Crippen LogP) is 4.43. The van der Waals surface area contributed by atoms with Crippen LogP contribution in [0.3, 0.4) is 0 Å². The monoisotopic (exact) mass is 442 g/mol. The Morgan fingerprint density at radius 2 is 1.97 bits per heavy atom. The van der Waals surface area contributed by atoms with Crippen LogP contribution in [0.2, 0.25) is 5.02 Å². The zero-order chi connectivity index (χ0) is 20.9. The van der Waals surface area contributed by atoms with E-state index in [0.717, 1.165) is 40.7 Å². The maximum absolute atomic E-state index is 12.1. The molecule has 0 radical (unpaired) electrons. The highest BCUT2D eigenvalue weighted by atomic mass is 35.5. The van der Waals surface area contributed by atoms with Crippen LogP contribution in [0.1, 0.15) is 28.8 Å². The van der Waals surface area contributed by atoms with Crippen molar-refractivity contribution in [2.45, 2.75) is 36.3 Å². The van der Waals surface area contributed by atoms with E-state index in [4.69, 9.17) is 16.3 Å². The average molecular weight is 443 g/mol. The maximum atomic E-state index is 12.1. The van der Waals surface area contributed by atoms with Crippen molar-refractivity contribution >= 4 is 29.3 Å². The Hall–Kier alpha value is -2.35. The SMILES string of the molecule is COCCn1c(SCc2ccc(C(=O)NC3CC3)cc2)nnc1-c1ccccc1Cl. The first-order chi connectivity index (χ1) is 14.7. The van der Waals surface area contributed by atoms with E-state index >= 15 is 0 Å². The van der Waals surface area contributed by atoms with Gasteiger partial charge in [0.25, 0.3) is 5.91 Å². The smallest absolute Gasteiger partial charge is 0.251 e. The van der Waals surface area contributed by atoms with Gasteiger partial charge in [-0.05, 0) is 42.7 Å². The van der Waals surface area contributed by atoms with Crippen molar-refractivity contribution in [1.82, 2.24) is 20.1 Å². The number of carbonyl (C=O) groups is 1. The highest BCUT2D eigenvalue weighted by Gasteiger charge is 2.23. The molecule has 0 unspecified atom stereocenters. The molecule has 1 aliphatic rings. The summed E-state index contributed by atoms with van der Waals surface area (Å²) in [5.41, 5.74) is 2.66. The number of methoxy groups -OCH3 is 1. The number of amides is 1. The minimum absolute atomic E-state index is 0.000364. The molecule has 1 amide bonds. The van der Waals surface area contributed by atoms with Crippen molar-refractivity contribution in [2.24, 2.45) is 0 Å². The van der Waals surface area contributed by atoms with Crippen LogP contribution in [0.15, 0.2) is 53.7 Å². The minimum atomic E-state index is 0.000364. The fraction of sp³-hybridized carbons (Fsp3) is 0.318. The zero-order valence-corrected chi connectivity index (χ0v) is 18.2. The Balaban J connectivity index is 1.47. The molecule has 1 saturated carbocycles. The highest BCUT2D eigenvalue weighted by Crippen LogP contribution is 2.30.